The minimum atomic E-state index is 0.428. The monoisotopic (exact) mass is 684 g/mol. The molecule has 0 amide bonds. The van der Waals surface area contributed by atoms with Gasteiger partial charge in [-0.2, -0.15) is 0 Å². The van der Waals surface area contributed by atoms with Crippen molar-refractivity contribution in [3.63, 3.8) is 0 Å². The molecule has 0 spiro atoms. The van der Waals surface area contributed by atoms with Gasteiger partial charge in [0.05, 0.1) is 0 Å². The van der Waals surface area contributed by atoms with Crippen molar-refractivity contribution >= 4 is 69.1 Å². The molecule has 2 nitrogen and oxygen atoms in total. The van der Waals surface area contributed by atoms with E-state index in [-0.39, 0.29) is 0 Å². The molecule has 46 heavy (non-hydrogen) atoms. The summed E-state index contributed by atoms with van der Waals surface area (Å²) in [5.41, 5.74) is 8.73. The summed E-state index contributed by atoms with van der Waals surface area (Å²) >= 11 is 21.5. The van der Waals surface area contributed by atoms with E-state index in [4.69, 9.17) is 58.3 Å². The van der Waals surface area contributed by atoms with Crippen LogP contribution in [-0.2, 0) is 35.2 Å². The first-order chi connectivity index (χ1) is 22.3. The minimum Gasteiger partial charge on any atom is -0.433 e. The lowest BCUT2D eigenvalue weighted by molar-refractivity contribution is 0.577. The standard InChI is InChI=1S/C22H26OS2.C18H18OS2/c1-3-5-7-17-9-13-19(14-10-17)21(24)23-22(25)20-15-11-18(12-16-20)8-6-4-2;1-3-13-7-5-9-15(11-13)17(20)19-18(21)16-10-6-8-14(4-2)12-16/h9-16H,3-8H2,1-2H3;5-12H,3-4H2,1-2H3. The molecule has 0 aromatic heterocycles. The van der Waals surface area contributed by atoms with E-state index in [0.717, 1.165) is 47.9 Å². The third kappa shape index (κ3) is 12.2. The number of benzene rings is 4. The van der Waals surface area contributed by atoms with E-state index in [1.54, 1.807) is 0 Å². The van der Waals surface area contributed by atoms with Crippen LogP contribution in [0.2, 0.25) is 0 Å². The molecule has 0 aliphatic heterocycles. The van der Waals surface area contributed by atoms with Crippen LogP contribution in [0.15, 0.2) is 97.1 Å². The molecule has 0 radical (unpaired) electrons. The normalized spacial score (nSPS) is 10.3. The van der Waals surface area contributed by atoms with Crippen molar-refractivity contribution in [1.82, 2.24) is 0 Å². The molecule has 0 saturated heterocycles. The second kappa shape index (κ2) is 20.2. The van der Waals surface area contributed by atoms with Crippen LogP contribution in [-0.4, -0.2) is 20.2 Å². The summed E-state index contributed by atoms with van der Waals surface area (Å²) in [6.07, 6.45) is 8.97. The molecule has 4 rings (SSSR count). The number of rotatable bonds is 12. The Morgan fingerprint density at radius 1 is 0.435 bits per heavy atom. The Morgan fingerprint density at radius 3 is 1.11 bits per heavy atom. The van der Waals surface area contributed by atoms with Gasteiger partial charge >= 0.3 is 0 Å². The maximum absolute atomic E-state index is 5.73. The Balaban J connectivity index is 0.000000254. The van der Waals surface area contributed by atoms with Crippen LogP contribution in [0.5, 0.6) is 0 Å². The van der Waals surface area contributed by atoms with Crippen LogP contribution in [0.25, 0.3) is 0 Å². The lowest BCUT2D eigenvalue weighted by atomic mass is 10.1. The summed E-state index contributed by atoms with van der Waals surface area (Å²) in [6, 6.07) is 32.7. The van der Waals surface area contributed by atoms with Crippen LogP contribution < -0.4 is 0 Å². The Bertz CT molecular complexity index is 1470. The second-order valence-electron chi connectivity index (χ2n) is 11.1. The highest BCUT2D eigenvalue weighted by Crippen LogP contribution is 2.15. The van der Waals surface area contributed by atoms with Crippen molar-refractivity contribution in [3.8, 4) is 0 Å². The summed E-state index contributed by atoms with van der Waals surface area (Å²) < 4.78 is 11.4. The van der Waals surface area contributed by atoms with E-state index >= 15 is 0 Å². The zero-order chi connectivity index (χ0) is 33.3. The lowest BCUT2D eigenvalue weighted by Gasteiger charge is -2.10. The molecule has 0 N–H and O–H groups in total. The molecular formula is C40H44O2S4. The summed E-state index contributed by atoms with van der Waals surface area (Å²) in [4.78, 5) is 0. The van der Waals surface area contributed by atoms with Gasteiger partial charge in [0, 0.05) is 22.3 Å². The molecule has 4 aromatic carbocycles. The van der Waals surface area contributed by atoms with Gasteiger partial charge in [-0.15, -0.1) is 0 Å². The summed E-state index contributed by atoms with van der Waals surface area (Å²) in [6.45, 7) is 8.64. The molecule has 4 aromatic rings. The zero-order valence-electron chi connectivity index (χ0n) is 27.3. The largest absolute Gasteiger partial charge is 0.433 e. The lowest BCUT2D eigenvalue weighted by Crippen LogP contribution is -2.11. The highest BCUT2D eigenvalue weighted by atomic mass is 32.1. The van der Waals surface area contributed by atoms with Crippen molar-refractivity contribution in [2.24, 2.45) is 0 Å². The van der Waals surface area contributed by atoms with Gasteiger partial charge in [-0.1, -0.05) is 125 Å². The fourth-order valence-electron chi connectivity index (χ4n) is 4.62. The summed E-state index contributed by atoms with van der Waals surface area (Å²) in [5, 5.41) is 1.72. The van der Waals surface area contributed by atoms with E-state index in [2.05, 4.69) is 64.1 Å². The SMILES string of the molecule is CCCCc1ccc(C(=S)OC(=S)c2ccc(CCCC)cc2)cc1.CCc1cccc(C(=S)OC(=S)c2cccc(CC)c2)c1. The topological polar surface area (TPSA) is 18.5 Å². The number of hydrogen-bond acceptors (Lipinski definition) is 6. The van der Waals surface area contributed by atoms with Crippen molar-refractivity contribution in [3.05, 3.63) is 142 Å². The van der Waals surface area contributed by atoms with Crippen LogP contribution >= 0.6 is 48.9 Å². The molecule has 0 aliphatic carbocycles. The van der Waals surface area contributed by atoms with Gasteiger partial charge in [-0.25, -0.2) is 0 Å². The first-order valence-electron chi connectivity index (χ1n) is 16.2. The minimum absolute atomic E-state index is 0.428. The van der Waals surface area contributed by atoms with Gasteiger partial charge in [0.2, 0.25) is 0 Å². The molecule has 240 valence electrons. The Morgan fingerprint density at radius 2 is 0.783 bits per heavy atom. The van der Waals surface area contributed by atoms with Crippen LogP contribution in [0.3, 0.4) is 0 Å². The molecular weight excluding hydrogens is 641 g/mol. The molecule has 0 saturated carbocycles. The summed E-state index contributed by atoms with van der Waals surface area (Å²) in [7, 11) is 0. The van der Waals surface area contributed by atoms with Crippen molar-refractivity contribution < 1.29 is 9.47 Å². The Hall–Kier alpha value is -3.16. The Kier molecular flexibility index (Phi) is 16.3. The van der Waals surface area contributed by atoms with Gasteiger partial charge in [-0.05, 0) is 122 Å². The zero-order valence-corrected chi connectivity index (χ0v) is 30.6. The van der Waals surface area contributed by atoms with E-state index in [9.17, 15) is 0 Å². The molecule has 0 fully saturated rings. The maximum atomic E-state index is 5.73. The van der Waals surface area contributed by atoms with Crippen molar-refractivity contribution in [1.29, 1.82) is 0 Å². The number of aryl methyl sites for hydroxylation is 4. The van der Waals surface area contributed by atoms with Gasteiger partial charge in [-0.3, -0.25) is 0 Å². The Labute approximate surface area is 297 Å². The average Bonchev–Trinajstić information content (AvgIpc) is 3.10. The third-order valence-corrected chi connectivity index (χ3v) is 8.81. The summed E-state index contributed by atoms with van der Waals surface area (Å²) in [5.74, 6) is 0. The van der Waals surface area contributed by atoms with Crippen LogP contribution in [0, 0.1) is 0 Å². The number of unbranched alkanes of at least 4 members (excludes halogenated alkanes) is 2. The molecule has 0 unspecified atom stereocenters. The first-order valence-corrected chi connectivity index (χ1v) is 17.8. The predicted octanol–water partition coefficient (Wildman–Crippen LogP) is 11.3. The van der Waals surface area contributed by atoms with Gasteiger partial charge in [0.1, 0.15) is 0 Å². The molecule has 0 bridgehead atoms. The maximum Gasteiger partial charge on any atom is 0.199 e. The van der Waals surface area contributed by atoms with E-state index in [0.29, 0.717) is 20.2 Å². The predicted molar refractivity (Wildman–Crippen MR) is 211 cm³/mol. The average molecular weight is 685 g/mol. The fourth-order valence-corrected chi connectivity index (χ4v) is 5.58. The van der Waals surface area contributed by atoms with Crippen LogP contribution in [0.1, 0.15) is 97.9 Å². The molecule has 0 atom stereocenters. The van der Waals surface area contributed by atoms with Crippen molar-refractivity contribution in [2.75, 3.05) is 0 Å². The number of ether oxygens (including phenoxy) is 2. The quantitative estimate of drug-likeness (QED) is 0.137. The highest BCUT2D eigenvalue weighted by Gasteiger charge is 2.10. The second-order valence-corrected chi connectivity index (χ2v) is 12.5. The third-order valence-electron chi connectivity index (χ3n) is 7.53. The first kappa shape index (κ1) is 37.3. The van der Waals surface area contributed by atoms with E-state index in [1.165, 1.54) is 47.9 Å². The fraction of sp³-hybridized carbons (Fsp3) is 0.300. The number of thiocarbonyl (C=S) groups is 4. The highest BCUT2D eigenvalue weighted by molar-refractivity contribution is 7.82. The molecule has 6 heteroatoms. The van der Waals surface area contributed by atoms with E-state index in [1.807, 2.05) is 60.7 Å². The molecule has 0 heterocycles. The van der Waals surface area contributed by atoms with Crippen LogP contribution in [0.4, 0.5) is 0 Å². The molecule has 0 aliphatic rings. The number of hydrogen-bond donors (Lipinski definition) is 0. The van der Waals surface area contributed by atoms with E-state index < -0.39 is 0 Å². The smallest absolute Gasteiger partial charge is 0.199 e. The van der Waals surface area contributed by atoms with Gasteiger partial charge < -0.3 is 9.47 Å². The van der Waals surface area contributed by atoms with Gasteiger partial charge in [0.25, 0.3) is 0 Å². The van der Waals surface area contributed by atoms with Crippen molar-refractivity contribution in [2.45, 2.75) is 79.1 Å². The van der Waals surface area contributed by atoms with Gasteiger partial charge in [0.15, 0.2) is 20.2 Å².